The highest BCUT2D eigenvalue weighted by Gasteiger charge is 2.32. The van der Waals surface area contributed by atoms with Crippen LogP contribution in [0.4, 0.5) is 11.4 Å². The van der Waals surface area contributed by atoms with E-state index in [0.717, 1.165) is 32.6 Å². The number of Topliss-reactive ketones (excluding diaryl/α,β-unsaturated/α-hetero) is 1. The summed E-state index contributed by atoms with van der Waals surface area (Å²) < 4.78 is 0. The molecule has 2 saturated heterocycles. The average Bonchev–Trinajstić information content (AvgIpc) is 3.17. The highest BCUT2D eigenvalue weighted by atomic mass is 16.6. The summed E-state index contributed by atoms with van der Waals surface area (Å²) in [5, 5.41) is 11.3. The zero-order valence-electron chi connectivity index (χ0n) is 12.8. The van der Waals surface area contributed by atoms with Gasteiger partial charge in [0, 0.05) is 30.8 Å². The molecule has 6 heteroatoms. The Morgan fingerprint density at radius 1 is 1.27 bits per heavy atom. The number of nitro groups is 1. The predicted octanol–water partition coefficient (Wildman–Crippen LogP) is 2.47. The SMILES string of the molecule is CC(=O)c1ccc(N2CCC(N3CCCC3)C2)c([N+](=O)[O-])c1. The molecule has 118 valence electrons. The average molecular weight is 303 g/mol. The van der Waals surface area contributed by atoms with Crippen molar-refractivity contribution in [1.29, 1.82) is 0 Å². The van der Waals surface area contributed by atoms with Gasteiger partial charge in [0.1, 0.15) is 5.69 Å². The summed E-state index contributed by atoms with van der Waals surface area (Å²) >= 11 is 0. The van der Waals surface area contributed by atoms with Crippen molar-refractivity contribution >= 4 is 17.2 Å². The van der Waals surface area contributed by atoms with Crippen molar-refractivity contribution in [2.75, 3.05) is 31.1 Å². The van der Waals surface area contributed by atoms with Crippen molar-refractivity contribution < 1.29 is 9.72 Å². The second-order valence-electron chi connectivity index (χ2n) is 6.15. The first kappa shape index (κ1) is 15.0. The molecule has 0 amide bonds. The first-order valence-electron chi connectivity index (χ1n) is 7.84. The van der Waals surface area contributed by atoms with Crippen molar-refractivity contribution in [3.8, 4) is 0 Å². The van der Waals surface area contributed by atoms with Crippen molar-refractivity contribution in [1.82, 2.24) is 4.90 Å². The second kappa shape index (κ2) is 6.04. The Bertz CT molecular complexity index is 596. The van der Waals surface area contributed by atoms with Crippen molar-refractivity contribution in [2.45, 2.75) is 32.2 Å². The fourth-order valence-electron chi connectivity index (χ4n) is 3.52. The van der Waals surface area contributed by atoms with E-state index in [1.165, 1.54) is 25.8 Å². The van der Waals surface area contributed by atoms with Gasteiger partial charge >= 0.3 is 0 Å². The predicted molar refractivity (Wildman–Crippen MR) is 84.5 cm³/mol. The molecule has 1 aromatic carbocycles. The number of rotatable bonds is 4. The summed E-state index contributed by atoms with van der Waals surface area (Å²) in [6.45, 7) is 5.38. The minimum atomic E-state index is -0.384. The molecular formula is C16H21N3O3. The number of carbonyl (C=O) groups is 1. The standard InChI is InChI=1S/C16H21N3O3/c1-12(20)13-4-5-15(16(10-13)19(21)22)18-9-6-14(11-18)17-7-2-3-8-17/h4-5,10,14H,2-3,6-9,11H2,1H3. The molecule has 0 N–H and O–H groups in total. The maximum absolute atomic E-state index is 11.4. The van der Waals surface area contributed by atoms with E-state index in [1.807, 2.05) is 0 Å². The molecule has 1 aromatic rings. The molecule has 6 nitrogen and oxygen atoms in total. The summed E-state index contributed by atoms with van der Waals surface area (Å²) in [6, 6.07) is 5.31. The van der Waals surface area contributed by atoms with Gasteiger partial charge in [-0.15, -0.1) is 0 Å². The smallest absolute Gasteiger partial charge is 0.293 e. The summed E-state index contributed by atoms with van der Waals surface area (Å²) in [7, 11) is 0. The number of benzene rings is 1. The highest BCUT2D eigenvalue weighted by molar-refractivity contribution is 5.95. The zero-order valence-corrected chi connectivity index (χ0v) is 12.8. The van der Waals surface area contributed by atoms with Crippen LogP contribution in [-0.2, 0) is 0 Å². The number of carbonyl (C=O) groups excluding carboxylic acids is 1. The van der Waals surface area contributed by atoms with E-state index < -0.39 is 0 Å². The van der Waals surface area contributed by atoms with Crippen LogP contribution in [-0.4, -0.2) is 47.8 Å². The maximum Gasteiger partial charge on any atom is 0.293 e. The van der Waals surface area contributed by atoms with Crippen molar-refractivity contribution in [3.05, 3.63) is 33.9 Å². The molecule has 0 saturated carbocycles. The van der Waals surface area contributed by atoms with Gasteiger partial charge in [-0.2, -0.15) is 0 Å². The number of anilines is 1. The lowest BCUT2D eigenvalue weighted by Gasteiger charge is -2.24. The Labute approximate surface area is 129 Å². The van der Waals surface area contributed by atoms with Gasteiger partial charge in [0.25, 0.3) is 5.69 Å². The molecule has 2 heterocycles. The Hall–Kier alpha value is -1.95. The van der Waals surface area contributed by atoms with E-state index in [-0.39, 0.29) is 16.4 Å². The first-order chi connectivity index (χ1) is 10.6. The van der Waals surface area contributed by atoms with Crippen molar-refractivity contribution in [3.63, 3.8) is 0 Å². The molecule has 1 atom stereocenters. The molecule has 0 radical (unpaired) electrons. The monoisotopic (exact) mass is 303 g/mol. The number of likely N-dealkylation sites (tertiary alicyclic amines) is 1. The Morgan fingerprint density at radius 3 is 2.64 bits per heavy atom. The van der Waals surface area contributed by atoms with Crippen LogP contribution in [0.5, 0.6) is 0 Å². The van der Waals surface area contributed by atoms with Crippen molar-refractivity contribution in [2.24, 2.45) is 0 Å². The van der Waals surface area contributed by atoms with Gasteiger partial charge in [0.05, 0.1) is 4.92 Å². The third-order valence-electron chi connectivity index (χ3n) is 4.74. The number of ketones is 1. The van der Waals surface area contributed by atoms with Crippen LogP contribution in [0.2, 0.25) is 0 Å². The van der Waals surface area contributed by atoms with Crippen LogP contribution in [0, 0.1) is 10.1 Å². The Kier molecular flexibility index (Phi) is 4.11. The quantitative estimate of drug-likeness (QED) is 0.485. The lowest BCUT2D eigenvalue weighted by atomic mass is 10.1. The van der Waals surface area contributed by atoms with Crippen LogP contribution in [0.25, 0.3) is 0 Å². The summed E-state index contributed by atoms with van der Waals surface area (Å²) in [6.07, 6.45) is 3.56. The molecule has 22 heavy (non-hydrogen) atoms. The number of hydrogen-bond donors (Lipinski definition) is 0. The Morgan fingerprint density at radius 2 is 2.00 bits per heavy atom. The lowest BCUT2D eigenvalue weighted by molar-refractivity contribution is -0.384. The highest BCUT2D eigenvalue weighted by Crippen LogP contribution is 2.33. The first-order valence-corrected chi connectivity index (χ1v) is 7.84. The molecule has 2 aliphatic heterocycles. The summed E-state index contributed by atoms with van der Waals surface area (Å²) in [4.78, 5) is 27.0. The number of nitrogens with zero attached hydrogens (tertiary/aromatic N) is 3. The van der Waals surface area contributed by atoms with Gasteiger partial charge in [0.15, 0.2) is 5.78 Å². The lowest BCUT2D eigenvalue weighted by Crippen LogP contribution is -2.35. The van der Waals surface area contributed by atoms with Gasteiger partial charge in [-0.3, -0.25) is 19.8 Å². The molecular weight excluding hydrogens is 282 g/mol. The van der Waals surface area contributed by atoms with Gasteiger partial charge in [-0.05, 0) is 51.4 Å². The fourth-order valence-corrected chi connectivity index (χ4v) is 3.52. The zero-order chi connectivity index (χ0) is 15.7. The van der Waals surface area contributed by atoms with E-state index >= 15 is 0 Å². The van der Waals surface area contributed by atoms with Crippen LogP contribution >= 0.6 is 0 Å². The van der Waals surface area contributed by atoms with Gasteiger partial charge < -0.3 is 4.90 Å². The van der Waals surface area contributed by atoms with Crippen LogP contribution < -0.4 is 4.90 Å². The summed E-state index contributed by atoms with van der Waals surface area (Å²) in [5.41, 5.74) is 1.07. The molecule has 1 unspecified atom stereocenters. The molecule has 0 aromatic heterocycles. The van der Waals surface area contributed by atoms with E-state index in [1.54, 1.807) is 12.1 Å². The molecule has 2 aliphatic rings. The normalized spacial score (nSPS) is 22.2. The van der Waals surface area contributed by atoms with Gasteiger partial charge in [-0.25, -0.2) is 0 Å². The van der Waals surface area contributed by atoms with Gasteiger partial charge in [0.2, 0.25) is 0 Å². The third-order valence-corrected chi connectivity index (χ3v) is 4.74. The second-order valence-corrected chi connectivity index (χ2v) is 6.15. The van der Waals surface area contributed by atoms with Crippen LogP contribution in [0.1, 0.15) is 36.5 Å². The molecule has 0 bridgehead atoms. The number of hydrogen-bond acceptors (Lipinski definition) is 5. The van der Waals surface area contributed by atoms with E-state index in [4.69, 9.17) is 0 Å². The van der Waals surface area contributed by atoms with E-state index in [2.05, 4.69) is 9.80 Å². The third kappa shape index (κ3) is 2.83. The molecule has 3 rings (SSSR count). The van der Waals surface area contributed by atoms with Crippen LogP contribution in [0.15, 0.2) is 18.2 Å². The molecule has 0 spiro atoms. The van der Waals surface area contributed by atoms with E-state index in [0.29, 0.717) is 17.3 Å². The van der Waals surface area contributed by atoms with Gasteiger partial charge in [-0.1, -0.05) is 0 Å². The minimum Gasteiger partial charge on any atom is -0.364 e. The molecule has 0 aliphatic carbocycles. The van der Waals surface area contributed by atoms with E-state index in [9.17, 15) is 14.9 Å². The minimum absolute atomic E-state index is 0.0368. The fraction of sp³-hybridized carbons (Fsp3) is 0.562. The summed E-state index contributed by atoms with van der Waals surface area (Å²) in [5.74, 6) is -0.147. The Balaban J connectivity index is 1.82. The molecule has 2 fully saturated rings. The topological polar surface area (TPSA) is 66.7 Å². The largest absolute Gasteiger partial charge is 0.364 e. The maximum atomic E-state index is 11.4. The van der Waals surface area contributed by atoms with Crippen LogP contribution in [0.3, 0.4) is 0 Å². The number of nitro benzene ring substituents is 1.